The first-order valence-electron chi connectivity index (χ1n) is 10.2. The molecule has 30 heavy (non-hydrogen) atoms. The van der Waals surface area contributed by atoms with E-state index in [0.717, 1.165) is 65.8 Å². The van der Waals surface area contributed by atoms with Gasteiger partial charge in [0.2, 0.25) is 5.95 Å². The summed E-state index contributed by atoms with van der Waals surface area (Å²) in [5.74, 6) is -0.489. The number of likely N-dealkylation sites (tertiary alicyclic amines) is 1. The molecule has 1 unspecified atom stereocenters. The number of nitrogens with one attached hydrogen (secondary N) is 1. The van der Waals surface area contributed by atoms with E-state index < -0.39 is 5.95 Å². The number of aromatic nitrogens is 3. The number of aromatic amines is 1. The second kappa shape index (κ2) is 7.97. The number of aliphatic hydroxyl groups is 1. The SMILES string of the molecule is OC1CCCN(Cc2ccc(-c3cnc4[nH]cc(-c5ccc(F)nc5)c4c3)cc2)C1. The van der Waals surface area contributed by atoms with E-state index in [9.17, 15) is 9.50 Å². The number of rotatable bonds is 4. The lowest BCUT2D eigenvalue weighted by Gasteiger charge is -2.29. The Bertz CT molecular complexity index is 1150. The lowest BCUT2D eigenvalue weighted by Crippen LogP contribution is -2.37. The molecule has 0 spiro atoms. The zero-order valence-electron chi connectivity index (χ0n) is 16.6. The van der Waals surface area contributed by atoms with Gasteiger partial charge in [0.15, 0.2) is 0 Å². The zero-order valence-corrected chi connectivity index (χ0v) is 16.6. The molecule has 4 heterocycles. The van der Waals surface area contributed by atoms with E-state index in [2.05, 4.69) is 50.2 Å². The minimum absolute atomic E-state index is 0.206. The van der Waals surface area contributed by atoms with E-state index in [1.165, 1.54) is 17.8 Å². The summed E-state index contributed by atoms with van der Waals surface area (Å²) in [6.45, 7) is 2.64. The van der Waals surface area contributed by atoms with E-state index in [1.54, 1.807) is 6.07 Å². The summed E-state index contributed by atoms with van der Waals surface area (Å²) in [6, 6.07) is 13.7. The maximum atomic E-state index is 13.2. The molecule has 0 bridgehead atoms. The molecule has 0 aliphatic carbocycles. The third-order valence-electron chi connectivity index (χ3n) is 5.74. The van der Waals surface area contributed by atoms with Crippen LogP contribution in [0.1, 0.15) is 18.4 Å². The largest absolute Gasteiger partial charge is 0.392 e. The van der Waals surface area contributed by atoms with E-state index in [0.29, 0.717) is 0 Å². The van der Waals surface area contributed by atoms with Crippen molar-refractivity contribution in [3.05, 3.63) is 72.6 Å². The van der Waals surface area contributed by atoms with Gasteiger partial charge in [0, 0.05) is 53.8 Å². The van der Waals surface area contributed by atoms with Gasteiger partial charge in [0.25, 0.3) is 0 Å². The van der Waals surface area contributed by atoms with Gasteiger partial charge in [-0.1, -0.05) is 24.3 Å². The minimum Gasteiger partial charge on any atom is -0.392 e. The molecule has 1 fully saturated rings. The molecule has 1 aliphatic rings. The number of fused-ring (bicyclic) bond motifs is 1. The topological polar surface area (TPSA) is 65.0 Å². The maximum absolute atomic E-state index is 13.2. The number of benzene rings is 1. The summed E-state index contributed by atoms with van der Waals surface area (Å²) in [5, 5.41) is 10.8. The molecule has 1 aliphatic heterocycles. The van der Waals surface area contributed by atoms with Crippen molar-refractivity contribution in [2.24, 2.45) is 0 Å². The van der Waals surface area contributed by atoms with Crippen LogP contribution in [0.15, 0.2) is 61.1 Å². The van der Waals surface area contributed by atoms with Crippen LogP contribution in [0, 0.1) is 5.95 Å². The predicted molar refractivity (Wildman–Crippen MR) is 115 cm³/mol. The predicted octanol–water partition coefficient (Wildman–Crippen LogP) is 4.39. The highest BCUT2D eigenvalue weighted by molar-refractivity contribution is 5.95. The van der Waals surface area contributed by atoms with Crippen molar-refractivity contribution in [1.82, 2.24) is 19.9 Å². The lowest BCUT2D eigenvalue weighted by molar-refractivity contribution is 0.0668. The Morgan fingerprint density at radius 3 is 2.60 bits per heavy atom. The maximum Gasteiger partial charge on any atom is 0.212 e. The van der Waals surface area contributed by atoms with Crippen molar-refractivity contribution in [3.8, 4) is 22.3 Å². The van der Waals surface area contributed by atoms with Crippen LogP contribution in [0.4, 0.5) is 4.39 Å². The quantitative estimate of drug-likeness (QED) is 0.497. The summed E-state index contributed by atoms with van der Waals surface area (Å²) >= 11 is 0. The molecule has 1 atom stereocenters. The van der Waals surface area contributed by atoms with Gasteiger partial charge in [-0.2, -0.15) is 4.39 Å². The number of H-pyrrole nitrogens is 1. The van der Waals surface area contributed by atoms with Crippen molar-refractivity contribution in [3.63, 3.8) is 0 Å². The van der Waals surface area contributed by atoms with Gasteiger partial charge in [-0.05, 0) is 48.7 Å². The molecule has 0 radical (unpaired) electrons. The molecule has 0 amide bonds. The van der Waals surface area contributed by atoms with Crippen molar-refractivity contribution in [2.75, 3.05) is 13.1 Å². The van der Waals surface area contributed by atoms with Gasteiger partial charge in [0.1, 0.15) is 5.65 Å². The normalized spacial score (nSPS) is 17.5. The van der Waals surface area contributed by atoms with Gasteiger partial charge in [-0.3, -0.25) is 4.90 Å². The number of piperidine rings is 1. The van der Waals surface area contributed by atoms with Gasteiger partial charge in [-0.15, -0.1) is 0 Å². The van der Waals surface area contributed by atoms with Crippen molar-refractivity contribution < 1.29 is 9.50 Å². The zero-order chi connectivity index (χ0) is 20.5. The Balaban J connectivity index is 1.40. The molecule has 5 rings (SSSR count). The van der Waals surface area contributed by atoms with E-state index in [1.807, 2.05) is 12.4 Å². The Hall–Kier alpha value is -3.09. The molecule has 6 heteroatoms. The Morgan fingerprint density at radius 1 is 1.03 bits per heavy atom. The Morgan fingerprint density at radius 2 is 1.83 bits per heavy atom. The standard InChI is InChI=1S/C24H23FN4O/c25-23-8-7-18(11-26-23)22-13-28-24-21(22)10-19(12-27-24)17-5-3-16(4-6-17)14-29-9-1-2-20(30)15-29/h3-8,10-13,20,30H,1-2,9,14-15H2,(H,27,28). The average molecular weight is 402 g/mol. The molecule has 1 aromatic carbocycles. The first-order valence-corrected chi connectivity index (χ1v) is 10.2. The molecule has 5 nitrogen and oxygen atoms in total. The van der Waals surface area contributed by atoms with Crippen molar-refractivity contribution >= 4 is 11.0 Å². The van der Waals surface area contributed by atoms with Crippen LogP contribution >= 0.6 is 0 Å². The number of β-amino-alcohol motifs (C(OH)–C–C–N with tert-alkyl or cyclic N) is 1. The first kappa shape index (κ1) is 18.9. The van der Waals surface area contributed by atoms with Crippen molar-refractivity contribution in [2.45, 2.75) is 25.5 Å². The van der Waals surface area contributed by atoms with Crippen LogP contribution in [-0.2, 0) is 6.54 Å². The number of hydrogen-bond donors (Lipinski definition) is 2. The summed E-state index contributed by atoms with van der Waals surface area (Å²) in [4.78, 5) is 13.8. The summed E-state index contributed by atoms with van der Waals surface area (Å²) < 4.78 is 13.2. The van der Waals surface area contributed by atoms with Gasteiger partial charge in [-0.25, -0.2) is 9.97 Å². The fourth-order valence-corrected chi connectivity index (χ4v) is 4.17. The van der Waals surface area contributed by atoms with Crippen LogP contribution in [0.2, 0.25) is 0 Å². The highest BCUT2D eigenvalue weighted by atomic mass is 19.1. The Labute approximate surface area is 174 Å². The monoisotopic (exact) mass is 402 g/mol. The second-order valence-corrected chi connectivity index (χ2v) is 7.92. The minimum atomic E-state index is -0.489. The third kappa shape index (κ3) is 3.84. The molecule has 2 N–H and O–H groups in total. The van der Waals surface area contributed by atoms with Crippen LogP contribution < -0.4 is 0 Å². The van der Waals surface area contributed by atoms with Gasteiger partial charge < -0.3 is 10.1 Å². The number of nitrogens with zero attached hydrogens (tertiary/aromatic N) is 3. The van der Waals surface area contributed by atoms with Crippen LogP contribution in [0.3, 0.4) is 0 Å². The smallest absolute Gasteiger partial charge is 0.212 e. The number of halogens is 1. The fraction of sp³-hybridized carbons (Fsp3) is 0.250. The van der Waals surface area contributed by atoms with Gasteiger partial charge >= 0.3 is 0 Å². The van der Waals surface area contributed by atoms with Crippen LogP contribution in [-0.4, -0.2) is 44.2 Å². The first-order chi connectivity index (χ1) is 14.7. The van der Waals surface area contributed by atoms with Crippen LogP contribution in [0.25, 0.3) is 33.3 Å². The molecule has 152 valence electrons. The lowest BCUT2D eigenvalue weighted by atomic mass is 10.0. The van der Waals surface area contributed by atoms with E-state index in [4.69, 9.17) is 0 Å². The number of hydrogen-bond acceptors (Lipinski definition) is 4. The molecular formula is C24H23FN4O. The van der Waals surface area contributed by atoms with E-state index >= 15 is 0 Å². The fourth-order valence-electron chi connectivity index (χ4n) is 4.17. The number of pyridine rings is 2. The molecular weight excluding hydrogens is 379 g/mol. The van der Waals surface area contributed by atoms with Gasteiger partial charge in [0.05, 0.1) is 6.10 Å². The summed E-state index contributed by atoms with van der Waals surface area (Å²) in [6.07, 6.45) is 7.03. The highest BCUT2D eigenvalue weighted by Gasteiger charge is 2.17. The third-order valence-corrected chi connectivity index (χ3v) is 5.74. The molecule has 1 saturated heterocycles. The molecule has 0 saturated carbocycles. The summed E-state index contributed by atoms with van der Waals surface area (Å²) in [7, 11) is 0. The Kier molecular flexibility index (Phi) is 5.02. The molecule has 3 aromatic heterocycles. The van der Waals surface area contributed by atoms with Crippen molar-refractivity contribution in [1.29, 1.82) is 0 Å². The average Bonchev–Trinajstić information content (AvgIpc) is 3.18. The summed E-state index contributed by atoms with van der Waals surface area (Å²) in [5.41, 5.74) is 5.95. The highest BCUT2D eigenvalue weighted by Crippen LogP contribution is 2.31. The van der Waals surface area contributed by atoms with Crippen LogP contribution in [0.5, 0.6) is 0 Å². The molecule has 4 aromatic rings. The second-order valence-electron chi connectivity index (χ2n) is 7.92. The number of aliphatic hydroxyl groups excluding tert-OH is 1. The van der Waals surface area contributed by atoms with E-state index in [-0.39, 0.29) is 6.10 Å².